The standard InChI is InChI=1S/C29H46O/c1-20(2)22(16-19-30)10-9-21(3)25-13-14-26-24-12-11-23-8-6-7-17-28(23,4)27(24)15-18-29(25,26)5/h9-10,12,21-23,25-27,30H,1,6-8,11,13-19H2,2-5H3/t21-,22-,23?,25-,26+,27+,28+,29-/m1/s1. The molecule has 1 heteroatoms. The molecular weight excluding hydrogens is 364 g/mol. The van der Waals surface area contributed by atoms with Crippen molar-refractivity contribution in [1.82, 2.24) is 0 Å². The monoisotopic (exact) mass is 410 g/mol. The average molecular weight is 411 g/mol. The maximum absolute atomic E-state index is 9.39. The summed E-state index contributed by atoms with van der Waals surface area (Å²) < 4.78 is 0. The van der Waals surface area contributed by atoms with Gasteiger partial charge in [-0.25, -0.2) is 0 Å². The number of rotatable bonds is 6. The topological polar surface area (TPSA) is 20.2 Å². The van der Waals surface area contributed by atoms with Crippen LogP contribution in [0.4, 0.5) is 0 Å². The van der Waals surface area contributed by atoms with Crippen molar-refractivity contribution in [3.8, 4) is 0 Å². The molecule has 0 bridgehead atoms. The highest BCUT2D eigenvalue weighted by molar-refractivity contribution is 5.28. The summed E-state index contributed by atoms with van der Waals surface area (Å²) in [5, 5.41) is 9.39. The van der Waals surface area contributed by atoms with Crippen LogP contribution in [-0.4, -0.2) is 11.7 Å². The summed E-state index contributed by atoms with van der Waals surface area (Å²) in [7, 11) is 0. The van der Waals surface area contributed by atoms with Crippen LogP contribution in [0.2, 0.25) is 0 Å². The summed E-state index contributed by atoms with van der Waals surface area (Å²) in [5.41, 5.74) is 4.13. The fourth-order valence-electron chi connectivity index (χ4n) is 8.54. The summed E-state index contributed by atoms with van der Waals surface area (Å²) in [6.45, 7) is 14.2. The molecule has 0 heterocycles. The van der Waals surface area contributed by atoms with Gasteiger partial charge in [-0.1, -0.05) is 69.6 Å². The summed E-state index contributed by atoms with van der Waals surface area (Å²) >= 11 is 0. The quantitative estimate of drug-likeness (QED) is 0.444. The van der Waals surface area contributed by atoms with Crippen molar-refractivity contribution in [3.05, 3.63) is 36.0 Å². The Balaban J connectivity index is 1.52. The van der Waals surface area contributed by atoms with Gasteiger partial charge < -0.3 is 5.11 Å². The molecule has 0 amide bonds. The molecule has 1 nitrogen and oxygen atoms in total. The fourth-order valence-corrected chi connectivity index (χ4v) is 8.54. The van der Waals surface area contributed by atoms with Gasteiger partial charge >= 0.3 is 0 Å². The predicted octanol–water partition coefficient (Wildman–Crippen LogP) is 7.72. The number of aliphatic hydroxyl groups excluding tert-OH is 1. The molecule has 1 unspecified atom stereocenters. The molecule has 4 aliphatic carbocycles. The summed E-state index contributed by atoms with van der Waals surface area (Å²) in [6, 6.07) is 0. The van der Waals surface area contributed by atoms with Crippen molar-refractivity contribution in [1.29, 1.82) is 0 Å². The molecule has 8 atom stereocenters. The minimum atomic E-state index is 0.245. The Morgan fingerprint density at radius 1 is 1.10 bits per heavy atom. The third-order valence-corrected chi connectivity index (χ3v) is 10.4. The molecule has 0 aromatic rings. The van der Waals surface area contributed by atoms with Crippen molar-refractivity contribution in [2.24, 2.45) is 46.3 Å². The van der Waals surface area contributed by atoms with Crippen LogP contribution in [0.15, 0.2) is 36.0 Å². The number of hydrogen-bond acceptors (Lipinski definition) is 1. The molecule has 4 aliphatic rings. The number of aliphatic hydroxyl groups is 1. The molecular formula is C29H46O. The highest BCUT2D eigenvalue weighted by Crippen LogP contribution is 2.66. The lowest BCUT2D eigenvalue weighted by atomic mass is 9.48. The van der Waals surface area contributed by atoms with Crippen LogP contribution in [0.5, 0.6) is 0 Å². The zero-order valence-corrected chi connectivity index (χ0v) is 20.1. The van der Waals surface area contributed by atoms with Crippen LogP contribution in [0, 0.1) is 46.3 Å². The predicted molar refractivity (Wildman–Crippen MR) is 128 cm³/mol. The van der Waals surface area contributed by atoms with Crippen LogP contribution in [0.1, 0.15) is 91.9 Å². The van der Waals surface area contributed by atoms with E-state index in [0.717, 1.165) is 30.1 Å². The van der Waals surface area contributed by atoms with Gasteiger partial charge in [0.2, 0.25) is 0 Å². The van der Waals surface area contributed by atoms with Gasteiger partial charge in [0.05, 0.1) is 0 Å². The van der Waals surface area contributed by atoms with Gasteiger partial charge in [-0.15, -0.1) is 0 Å². The second-order valence-corrected chi connectivity index (χ2v) is 11.9. The Morgan fingerprint density at radius 2 is 1.87 bits per heavy atom. The first-order valence-electron chi connectivity index (χ1n) is 13.0. The molecule has 0 radical (unpaired) electrons. The first kappa shape index (κ1) is 22.4. The Morgan fingerprint density at radius 3 is 2.60 bits per heavy atom. The number of hydrogen-bond donors (Lipinski definition) is 1. The Bertz CT molecular complexity index is 701. The van der Waals surface area contributed by atoms with E-state index in [4.69, 9.17) is 0 Å². The SMILES string of the molecule is C=C(C)[C@H](C=C[C@@H](C)[C@H]1CC[C@H]2C3=CCC4CCCC[C@]4(C)[C@H]3CC[C@]12C)CCO. The van der Waals surface area contributed by atoms with Gasteiger partial charge in [-0.3, -0.25) is 0 Å². The largest absolute Gasteiger partial charge is 0.396 e. The van der Waals surface area contributed by atoms with Crippen LogP contribution < -0.4 is 0 Å². The van der Waals surface area contributed by atoms with Crippen molar-refractivity contribution < 1.29 is 5.11 Å². The van der Waals surface area contributed by atoms with E-state index < -0.39 is 0 Å². The Hall–Kier alpha value is -0.820. The second-order valence-electron chi connectivity index (χ2n) is 11.9. The van der Waals surface area contributed by atoms with Crippen LogP contribution >= 0.6 is 0 Å². The minimum absolute atomic E-state index is 0.245. The lowest BCUT2D eigenvalue weighted by molar-refractivity contribution is -0.00480. The van der Waals surface area contributed by atoms with Crippen molar-refractivity contribution in [3.63, 3.8) is 0 Å². The molecule has 30 heavy (non-hydrogen) atoms. The third-order valence-electron chi connectivity index (χ3n) is 10.4. The van der Waals surface area contributed by atoms with Crippen LogP contribution in [0.25, 0.3) is 0 Å². The van der Waals surface area contributed by atoms with Crippen LogP contribution in [-0.2, 0) is 0 Å². The smallest absolute Gasteiger partial charge is 0.0439 e. The Labute approximate surface area is 186 Å². The fraction of sp³-hybridized carbons (Fsp3) is 0.793. The molecule has 0 spiro atoms. The van der Waals surface area contributed by atoms with E-state index in [9.17, 15) is 5.11 Å². The lowest BCUT2D eigenvalue weighted by Crippen LogP contribution is -2.48. The van der Waals surface area contributed by atoms with Crippen molar-refractivity contribution in [2.75, 3.05) is 6.61 Å². The van der Waals surface area contributed by atoms with E-state index >= 15 is 0 Å². The Kier molecular flexibility index (Phi) is 6.42. The van der Waals surface area contributed by atoms with Gasteiger partial charge in [0, 0.05) is 6.61 Å². The van der Waals surface area contributed by atoms with Gasteiger partial charge in [0.25, 0.3) is 0 Å². The van der Waals surface area contributed by atoms with E-state index in [1.807, 2.05) is 5.57 Å². The van der Waals surface area contributed by atoms with E-state index in [-0.39, 0.29) is 6.61 Å². The summed E-state index contributed by atoms with van der Waals surface area (Å²) in [4.78, 5) is 0. The molecule has 0 aromatic heterocycles. The minimum Gasteiger partial charge on any atom is -0.396 e. The normalized spacial score (nSPS) is 42.8. The summed E-state index contributed by atoms with van der Waals surface area (Å²) in [6.07, 6.45) is 21.2. The number of allylic oxidation sites excluding steroid dienone is 5. The first-order chi connectivity index (χ1) is 14.3. The zero-order chi connectivity index (χ0) is 21.5. The van der Waals surface area contributed by atoms with E-state index in [1.165, 1.54) is 63.4 Å². The third kappa shape index (κ3) is 3.68. The molecule has 0 aromatic carbocycles. The highest BCUT2D eigenvalue weighted by atomic mass is 16.3. The molecule has 1 N–H and O–H groups in total. The van der Waals surface area contributed by atoms with E-state index in [0.29, 0.717) is 22.7 Å². The van der Waals surface area contributed by atoms with E-state index in [1.54, 1.807) is 0 Å². The summed E-state index contributed by atoms with van der Waals surface area (Å²) in [5.74, 6) is 4.37. The maximum Gasteiger partial charge on any atom is 0.0439 e. The van der Waals surface area contributed by atoms with E-state index in [2.05, 4.69) is 52.5 Å². The number of fused-ring (bicyclic) bond motifs is 5. The van der Waals surface area contributed by atoms with Crippen molar-refractivity contribution >= 4 is 0 Å². The van der Waals surface area contributed by atoms with Gasteiger partial charge in [-0.05, 0) is 105 Å². The van der Waals surface area contributed by atoms with Gasteiger partial charge in [0.15, 0.2) is 0 Å². The van der Waals surface area contributed by atoms with Crippen molar-refractivity contribution in [2.45, 2.75) is 91.9 Å². The van der Waals surface area contributed by atoms with Crippen LogP contribution in [0.3, 0.4) is 0 Å². The van der Waals surface area contributed by atoms with Gasteiger partial charge in [0.1, 0.15) is 0 Å². The van der Waals surface area contributed by atoms with Gasteiger partial charge in [-0.2, -0.15) is 0 Å². The molecule has 168 valence electrons. The molecule has 3 saturated carbocycles. The first-order valence-corrected chi connectivity index (χ1v) is 13.0. The lowest BCUT2D eigenvalue weighted by Gasteiger charge is -2.57. The molecule has 3 fully saturated rings. The molecule has 0 saturated heterocycles. The maximum atomic E-state index is 9.39. The average Bonchev–Trinajstić information content (AvgIpc) is 3.07. The molecule has 4 rings (SSSR count). The molecule has 0 aliphatic heterocycles. The second kappa shape index (κ2) is 8.61. The zero-order valence-electron chi connectivity index (χ0n) is 20.1. The highest BCUT2D eigenvalue weighted by Gasteiger charge is 2.57.